The summed E-state index contributed by atoms with van der Waals surface area (Å²) < 4.78 is 26.0. The molecule has 1 saturated heterocycles. The summed E-state index contributed by atoms with van der Waals surface area (Å²) in [5.41, 5.74) is 3.11. The normalized spacial score (nSPS) is 20.5. The lowest BCUT2D eigenvalue weighted by Crippen LogP contribution is -2.31. The maximum atomic E-state index is 13.9. The van der Waals surface area contributed by atoms with Gasteiger partial charge in [0, 0.05) is 24.4 Å². The fraction of sp³-hybridized carbons (Fsp3) is 0.353. The molecule has 1 fully saturated rings. The Morgan fingerprint density at radius 1 is 1.23 bits per heavy atom. The van der Waals surface area contributed by atoms with Crippen molar-refractivity contribution in [3.05, 3.63) is 45.4 Å². The maximum Gasteiger partial charge on any atom is 0.172 e. The molecule has 0 amide bonds. The van der Waals surface area contributed by atoms with Gasteiger partial charge in [0.15, 0.2) is 5.79 Å². The average Bonchev–Trinajstić information content (AvgIpc) is 2.97. The van der Waals surface area contributed by atoms with Crippen molar-refractivity contribution in [3.8, 4) is 0 Å². The van der Waals surface area contributed by atoms with Crippen molar-refractivity contribution in [2.45, 2.75) is 25.0 Å². The number of pyridine rings is 1. The van der Waals surface area contributed by atoms with Gasteiger partial charge in [0.05, 0.1) is 22.3 Å². The molecule has 0 saturated carbocycles. The molecule has 1 aliphatic heterocycles. The minimum atomic E-state index is -0.424. The first-order valence-corrected chi connectivity index (χ1v) is 8.46. The van der Waals surface area contributed by atoms with Crippen LogP contribution in [0.15, 0.2) is 30.5 Å². The van der Waals surface area contributed by atoms with E-state index in [1.54, 1.807) is 18.3 Å². The second kappa shape index (κ2) is 5.54. The summed E-state index contributed by atoms with van der Waals surface area (Å²) in [5, 5.41) is 0.871. The Hall–Kier alpha value is -1.05. The van der Waals surface area contributed by atoms with Crippen molar-refractivity contribution in [2.75, 3.05) is 13.2 Å². The zero-order chi connectivity index (χ0) is 15.2. The number of hydrogen-bond donors (Lipinski definition) is 0. The van der Waals surface area contributed by atoms with Gasteiger partial charge >= 0.3 is 0 Å². The molecule has 22 heavy (non-hydrogen) atoms. The molecule has 4 rings (SSSR count). The monoisotopic (exact) mass is 411 g/mol. The zero-order valence-corrected chi connectivity index (χ0v) is 14.1. The Morgan fingerprint density at radius 2 is 2.05 bits per heavy atom. The van der Waals surface area contributed by atoms with Crippen LogP contribution in [0.25, 0.3) is 16.5 Å². The van der Waals surface area contributed by atoms with Crippen molar-refractivity contribution in [3.63, 3.8) is 0 Å². The summed E-state index contributed by atoms with van der Waals surface area (Å²) in [4.78, 5) is 4.36. The summed E-state index contributed by atoms with van der Waals surface area (Å²) in [5.74, 6) is -0.620. The molecule has 0 radical (unpaired) electrons. The lowest BCUT2D eigenvalue weighted by molar-refractivity contribution is -0.159. The molecule has 1 aromatic carbocycles. The van der Waals surface area contributed by atoms with Gasteiger partial charge in [0.1, 0.15) is 5.82 Å². The minimum absolute atomic E-state index is 0.197. The molecule has 1 aromatic heterocycles. The fourth-order valence-corrected chi connectivity index (χ4v) is 3.68. The summed E-state index contributed by atoms with van der Waals surface area (Å²) >= 11 is 2.00. The van der Waals surface area contributed by atoms with Crippen molar-refractivity contribution in [1.29, 1.82) is 0 Å². The maximum absolute atomic E-state index is 13.9. The van der Waals surface area contributed by atoms with Gasteiger partial charge in [-0.25, -0.2) is 4.39 Å². The first kappa shape index (κ1) is 14.5. The second-order valence-corrected chi connectivity index (χ2v) is 6.85. The van der Waals surface area contributed by atoms with E-state index in [4.69, 9.17) is 9.47 Å². The van der Waals surface area contributed by atoms with Crippen LogP contribution in [0.1, 0.15) is 24.8 Å². The number of fused-ring (bicyclic) bond motifs is 1. The largest absolute Gasteiger partial charge is 0.347 e. The van der Waals surface area contributed by atoms with Crippen LogP contribution in [-0.4, -0.2) is 24.0 Å². The van der Waals surface area contributed by atoms with Gasteiger partial charge in [-0.2, -0.15) is 0 Å². The van der Waals surface area contributed by atoms with Gasteiger partial charge in [0.2, 0.25) is 0 Å². The molecule has 0 atom stereocenters. The Bertz CT molecular complexity index is 769. The number of rotatable bonds is 1. The molecule has 3 nitrogen and oxygen atoms in total. The highest BCUT2D eigenvalue weighted by atomic mass is 127. The van der Waals surface area contributed by atoms with Gasteiger partial charge in [0.25, 0.3) is 0 Å². The number of halogens is 2. The van der Waals surface area contributed by atoms with Crippen LogP contribution >= 0.6 is 22.6 Å². The Kier molecular flexibility index (Phi) is 3.66. The molecule has 1 aliphatic carbocycles. The Labute approximate surface area is 141 Å². The number of aromatic nitrogens is 1. The van der Waals surface area contributed by atoms with Crippen LogP contribution in [0.4, 0.5) is 4.39 Å². The van der Waals surface area contributed by atoms with E-state index < -0.39 is 5.79 Å². The first-order valence-electron chi connectivity index (χ1n) is 7.38. The molecule has 2 aromatic rings. The van der Waals surface area contributed by atoms with Gasteiger partial charge in [-0.05, 0) is 58.3 Å². The molecule has 1 spiro atoms. The lowest BCUT2D eigenvalue weighted by Gasteiger charge is -2.31. The SMILES string of the molecule is Fc1cc2c(C3=CCC4(CC3)OCCO4)ccnc2cc1I. The van der Waals surface area contributed by atoms with Crippen LogP contribution in [0.3, 0.4) is 0 Å². The van der Waals surface area contributed by atoms with Crippen molar-refractivity contribution < 1.29 is 13.9 Å². The predicted molar refractivity (Wildman–Crippen MR) is 90.9 cm³/mol. The van der Waals surface area contributed by atoms with E-state index in [0.717, 1.165) is 35.7 Å². The van der Waals surface area contributed by atoms with E-state index in [2.05, 4.69) is 11.1 Å². The number of ether oxygens (including phenoxy) is 2. The lowest BCUT2D eigenvalue weighted by atomic mass is 9.88. The molecule has 0 bridgehead atoms. The summed E-state index contributed by atoms with van der Waals surface area (Å²) in [6, 6.07) is 5.35. The number of hydrogen-bond acceptors (Lipinski definition) is 3. The highest BCUT2D eigenvalue weighted by Gasteiger charge is 2.37. The highest BCUT2D eigenvalue weighted by Crippen LogP contribution is 2.39. The zero-order valence-electron chi connectivity index (χ0n) is 11.9. The van der Waals surface area contributed by atoms with Gasteiger partial charge < -0.3 is 9.47 Å². The minimum Gasteiger partial charge on any atom is -0.347 e. The van der Waals surface area contributed by atoms with E-state index in [1.807, 2.05) is 28.7 Å². The highest BCUT2D eigenvalue weighted by molar-refractivity contribution is 14.1. The molecule has 0 N–H and O–H groups in total. The summed E-state index contributed by atoms with van der Waals surface area (Å²) in [6.45, 7) is 1.34. The number of nitrogens with zero attached hydrogens (tertiary/aromatic N) is 1. The molecule has 5 heteroatoms. The van der Waals surface area contributed by atoms with E-state index in [9.17, 15) is 4.39 Å². The molecule has 114 valence electrons. The average molecular weight is 411 g/mol. The molecule has 2 aliphatic rings. The Balaban J connectivity index is 1.75. The summed E-state index contributed by atoms with van der Waals surface area (Å²) in [7, 11) is 0. The predicted octanol–water partition coefficient (Wildman–Crippen LogP) is 4.29. The number of allylic oxidation sites excluding steroid dienone is 1. The van der Waals surface area contributed by atoms with Crippen molar-refractivity contribution >= 4 is 39.1 Å². The standard InChI is InChI=1S/C17H15FINO2/c18-14-9-13-12(3-6-20-16(13)10-15(14)19)11-1-4-17(5-2-11)21-7-8-22-17/h1,3,6,9-10H,2,4-5,7-8H2. The van der Waals surface area contributed by atoms with E-state index in [0.29, 0.717) is 16.8 Å². The molecule has 2 heterocycles. The van der Waals surface area contributed by atoms with Gasteiger partial charge in [-0.1, -0.05) is 6.08 Å². The fourth-order valence-electron chi connectivity index (χ4n) is 3.23. The number of benzene rings is 1. The van der Waals surface area contributed by atoms with Crippen LogP contribution in [0.2, 0.25) is 0 Å². The van der Waals surface area contributed by atoms with Crippen molar-refractivity contribution in [2.24, 2.45) is 0 Å². The van der Waals surface area contributed by atoms with Gasteiger partial charge in [-0.15, -0.1) is 0 Å². The van der Waals surface area contributed by atoms with Crippen LogP contribution in [0.5, 0.6) is 0 Å². The summed E-state index contributed by atoms with van der Waals surface area (Å²) in [6.07, 6.45) is 6.42. The third kappa shape index (κ3) is 2.45. The van der Waals surface area contributed by atoms with Gasteiger partial charge in [-0.3, -0.25) is 4.98 Å². The third-order valence-electron chi connectivity index (χ3n) is 4.38. The van der Waals surface area contributed by atoms with Crippen molar-refractivity contribution in [1.82, 2.24) is 4.98 Å². The molecular formula is C17H15FINO2. The smallest absolute Gasteiger partial charge is 0.172 e. The quantitative estimate of drug-likeness (QED) is 0.657. The van der Waals surface area contributed by atoms with E-state index in [-0.39, 0.29) is 5.82 Å². The van der Waals surface area contributed by atoms with Crippen LogP contribution in [0, 0.1) is 9.39 Å². The third-order valence-corrected chi connectivity index (χ3v) is 5.20. The van der Waals surface area contributed by atoms with Crippen LogP contribution < -0.4 is 0 Å². The van der Waals surface area contributed by atoms with Crippen LogP contribution in [-0.2, 0) is 9.47 Å². The molecular weight excluding hydrogens is 396 g/mol. The van der Waals surface area contributed by atoms with E-state index >= 15 is 0 Å². The van der Waals surface area contributed by atoms with E-state index in [1.165, 1.54) is 5.57 Å². The first-order chi connectivity index (χ1) is 10.7. The topological polar surface area (TPSA) is 31.4 Å². The second-order valence-electron chi connectivity index (χ2n) is 5.68. The molecule has 0 unspecified atom stereocenters. The Morgan fingerprint density at radius 3 is 2.77 bits per heavy atom.